The average Bonchev–Trinajstić information content (AvgIpc) is 3.72. The molecule has 6 heterocycles. The number of aliphatic hydroxyl groups excluding tert-OH is 1. The number of aromatic nitrogens is 7. The molecule has 0 spiro atoms. The number of anilines is 1. The van der Waals surface area contributed by atoms with Crippen LogP contribution in [0.3, 0.4) is 0 Å². The van der Waals surface area contributed by atoms with Gasteiger partial charge in [0, 0.05) is 30.1 Å². The van der Waals surface area contributed by atoms with E-state index in [1.807, 2.05) is 19.9 Å². The van der Waals surface area contributed by atoms with Crippen molar-refractivity contribution in [3.05, 3.63) is 41.5 Å². The van der Waals surface area contributed by atoms with Crippen molar-refractivity contribution in [1.82, 2.24) is 34.5 Å². The summed E-state index contributed by atoms with van der Waals surface area (Å²) >= 11 is 0. The summed E-state index contributed by atoms with van der Waals surface area (Å²) in [5.41, 5.74) is 1.95. The normalized spacial score (nSPS) is 21.5. The molecule has 42 heavy (non-hydrogen) atoms. The van der Waals surface area contributed by atoms with E-state index in [2.05, 4.69) is 25.5 Å². The zero-order valence-electron chi connectivity index (χ0n) is 23.0. The molecule has 0 bridgehead atoms. The Hall–Kier alpha value is -4.04. The van der Waals surface area contributed by atoms with E-state index in [1.165, 1.54) is 0 Å². The summed E-state index contributed by atoms with van der Waals surface area (Å²) in [6, 6.07) is 3.32. The van der Waals surface area contributed by atoms with E-state index in [4.69, 9.17) is 14.4 Å². The van der Waals surface area contributed by atoms with Crippen molar-refractivity contribution in [1.29, 1.82) is 0 Å². The fourth-order valence-corrected chi connectivity index (χ4v) is 6.07. The Morgan fingerprint density at radius 1 is 1.05 bits per heavy atom. The third kappa shape index (κ3) is 4.49. The fourth-order valence-electron chi connectivity index (χ4n) is 6.07. The van der Waals surface area contributed by atoms with Crippen LogP contribution >= 0.6 is 0 Å². The molecule has 7 rings (SSSR count). The van der Waals surface area contributed by atoms with E-state index in [0.29, 0.717) is 53.9 Å². The number of aliphatic hydroxyl groups is 1. The van der Waals surface area contributed by atoms with Crippen LogP contribution in [0.15, 0.2) is 29.0 Å². The van der Waals surface area contributed by atoms with Gasteiger partial charge in [-0.2, -0.15) is 18.3 Å². The number of pyridine rings is 1. The van der Waals surface area contributed by atoms with Gasteiger partial charge in [-0.3, -0.25) is 0 Å². The van der Waals surface area contributed by atoms with E-state index in [0.717, 1.165) is 36.6 Å². The Labute approximate surface area is 237 Å². The zero-order valence-corrected chi connectivity index (χ0v) is 23.0. The van der Waals surface area contributed by atoms with Crippen LogP contribution in [0.4, 0.5) is 19.1 Å². The molecule has 2 fully saturated rings. The summed E-state index contributed by atoms with van der Waals surface area (Å²) in [5, 5.41) is 27.2. The molecule has 220 valence electrons. The minimum Gasteiger partial charge on any atom is -0.391 e. The molecule has 2 N–H and O–H groups in total. The molecule has 0 aromatic carbocycles. The second-order valence-electron chi connectivity index (χ2n) is 11.0. The second-order valence-corrected chi connectivity index (χ2v) is 11.0. The van der Waals surface area contributed by atoms with Crippen molar-refractivity contribution in [3.8, 4) is 22.5 Å². The Morgan fingerprint density at radius 3 is 2.60 bits per heavy atom. The molecule has 11 nitrogen and oxygen atoms in total. The van der Waals surface area contributed by atoms with Crippen molar-refractivity contribution in [2.45, 2.75) is 76.9 Å². The predicted octanol–water partition coefficient (Wildman–Crippen LogP) is 5.46. The summed E-state index contributed by atoms with van der Waals surface area (Å²) in [6.45, 7) is 4.18. The molecule has 14 heteroatoms. The van der Waals surface area contributed by atoms with Crippen molar-refractivity contribution in [2.24, 2.45) is 0 Å². The van der Waals surface area contributed by atoms with Crippen LogP contribution in [0.5, 0.6) is 0 Å². The topological polar surface area (TPSA) is 128 Å². The lowest BCUT2D eigenvalue weighted by Crippen LogP contribution is -2.29. The molecule has 1 saturated heterocycles. The average molecular weight is 583 g/mol. The summed E-state index contributed by atoms with van der Waals surface area (Å²) < 4.78 is 57.7. The minimum atomic E-state index is -4.74. The fraction of sp³-hybridized carbons (Fsp3) is 0.464. The van der Waals surface area contributed by atoms with Gasteiger partial charge in [-0.15, -0.1) is 5.10 Å². The Bertz CT molecular complexity index is 1770. The van der Waals surface area contributed by atoms with Gasteiger partial charge in [-0.05, 0) is 58.4 Å². The number of nitrogens with one attached hydrogen (secondary N) is 1. The van der Waals surface area contributed by atoms with Gasteiger partial charge in [0.25, 0.3) is 0 Å². The first-order valence-electron chi connectivity index (χ1n) is 14.0. The maximum absolute atomic E-state index is 14.4. The molecule has 3 atom stereocenters. The summed E-state index contributed by atoms with van der Waals surface area (Å²) in [7, 11) is 0. The number of hydrogen-bond acceptors (Lipinski definition) is 9. The molecule has 0 amide bonds. The van der Waals surface area contributed by atoms with Crippen LogP contribution in [0.25, 0.3) is 39.1 Å². The molecular weight excluding hydrogens is 553 g/mol. The first kappa shape index (κ1) is 26.8. The highest BCUT2D eigenvalue weighted by atomic mass is 19.4. The van der Waals surface area contributed by atoms with E-state index in [1.54, 1.807) is 21.5 Å². The number of aryl methyl sites for hydroxylation is 2. The summed E-state index contributed by atoms with van der Waals surface area (Å²) in [5.74, 6) is 0.645. The molecule has 5 aromatic heterocycles. The largest absolute Gasteiger partial charge is 0.420 e. The van der Waals surface area contributed by atoms with Gasteiger partial charge >= 0.3 is 6.18 Å². The lowest BCUT2D eigenvalue weighted by Gasteiger charge is -2.22. The van der Waals surface area contributed by atoms with Crippen LogP contribution in [-0.2, 0) is 10.9 Å². The third-order valence-corrected chi connectivity index (χ3v) is 8.14. The highest BCUT2D eigenvalue weighted by Crippen LogP contribution is 2.41. The lowest BCUT2D eigenvalue weighted by atomic mass is 10.1. The van der Waals surface area contributed by atoms with Crippen molar-refractivity contribution in [3.63, 3.8) is 0 Å². The maximum atomic E-state index is 14.4. The quantitative estimate of drug-likeness (QED) is 0.278. The first-order valence-corrected chi connectivity index (χ1v) is 14.0. The number of fused-ring (bicyclic) bond motifs is 3. The summed E-state index contributed by atoms with van der Waals surface area (Å²) in [4.78, 5) is 8.32. The van der Waals surface area contributed by atoms with Crippen LogP contribution < -0.4 is 5.32 Å². The zero-order chi connectivity index (χ0) is 29.2. The van der Waals surface area contributed by atoms with Gasteiger partial charge in [0.1, 0.15) is 22.7 Å². The monoisotopic (exact) mass is 582 g/mol. The van der Waals surface area contributed by atoms with Crippen molar-refractivity contribution < 1.29 is 27.5 Å². The molecule has 1 saturated carbocycles. The number of alkyl halides is 3. The van der Waals surface area contributed by atoms with E-state index >= 15 is 0 Å². The molecular formula is C28H29F3N8O3. The van der Waals surface area contributed by atoms with Crippen LogP contribution in [0.2, 0.25) is 0 Å². The summed E-state index contributed by atoms with van der Waals surface area (Å²) in [6.07, 6.45) is 1.24. The molecule has 1 unspecified atom stereocenters. The minimum absolute atomic E-state index is 0.00210. The SMILES string of the molecule is Cc1noc(C)c1-c1ccc2c3c(-c4nc(N[C@H]5CCC[C@H]5O)ncc4C(F)(F)F)nn(C4CCCCO4)c3nn2c1. The number of hydrogen-bond donors (Lipinski definition) is 2. The van der Waals surface area contributed by atoms with Crippen LogP contribution in [-0.4, -0.2) is 58.4 Å². The first-order chi connectivity index (χ1) is 20.2. The molecule has 2 aliphatic rings. The number of ether oxygens (including phenoxy) is 1. The molecule has 5 aromatic rings. The van der Waals surface area contributed by atoms with Gasteiger partial charge in [-0.25, -0.2) is 19.2 Å². The van der Waals surface area contributed by atoms with E-state index in [9.17, 15) is 18.3 Å². The Kier molecular flexibility index (Phi) is 6.42. The standard InChI is InChI=1S/C28H29F3N8O3/c1-14-22(15(2)42-37-14)16-9-10-19-23-25(35-39(21-8-3-4-11-41-21)26(23)36-38(19)13-16)24-17(28(29,30)31)12-32-27(34-24)33-18-6-5-7-20(18)40/h9-10,12-13,18,20-21,40H,3-8,11H2,1-2H3,(H,32,33,34)/t18-,20+,21?/m0/s1. The second kappa shape index (κ2) is 10.1. The van der Waals surface area contributed by atoms with Gasteiger partial charge in [0.2, 0.25) is 5.95 Å². The van der Waals surface area contributed by atoms with Crippen molar-refractivity contribution >= 4 is 22.5 Å². The van der Waals surface area contributed by atoms with Crippen molar-refractivity contribution in [2.75, 3.05) is 11.9 Å². The smallest absolute Gasteiger partial charge is 0.391 e. The van der Waals surface area contributed by atoms with E-state index in [-0.39, 0.29) is 23.4 Å². The van der Waals surface area contributed by atoms with Crippen LogP contribution in [0.1, 0.15) is 61.8 Å². The number of rotatable bonds is 5. The third-order valence-electron chi connectivity index (χ3n) is 8.14. The maximum Gasteiger partial charge on any atom is 0.420 e. The highest BCUT2D eigenvalue weighted by Gasteiger charge is 2.38. The van der Waals surface area contributed by atoms with Crippen LogP contribution in [0, 0.1) is 13.8 Å². The predicted molar refractivity (Wildman–Crippen MR) is 146 cm³/mol. The molecule has 1 aliphatic heterocycles. The lowest BCUT2D eigenvalue weighted by molar-refractivity contribution is -0.137. The van der Waals surface area contributed by atoms with Gasteiger partial charge in [0.05, 0.1) is 28.7 Å². The number of nitrogens with zero attached hydrogens (tertiary/aromatic N) is 7. The Balaban J connectivity index is 1.44. The number of halogens is 3. The Morgan fingerprint density at radius 2 is 1.90 bits per heavy atom. The van der Waals surface area contributed by atoms with Gasteiger partial charge < -0.3 is 19.7 Å². The van der Waals surface area contributed by atoms with Gasteiger partial charge in [0.15, 0.2) is 11.9 Å². The van der Waals surface area contributed by atoms with Gasteiger partial charge in [-0.1, -0.05) is 11.2 Å². The van der Waals surface area contributed by atoms with E-state index < -0.39 is 24.1 Å². The molecule has 1 aliphatic carbocycles. The molecule has 0 radical (unpaired) electrons. The highest BCUT2D eigenvalue weighted by molar-refractivity contribution is 6.03.